The van der Waals surface area contributed by atoms with Gasteiger partial charge in [-0.05, 0) is 55.0 Å². The highest BCUT2D eigenvalue weighted by molar-refractivity contribution is 5.96. The van der Waals surface area contributed by atoms with Crippen LogP contribution in [-0.4, -0.2) is 16.7 Å². The third-order valence-electron chi connectivity index (χ3n) is 4.91. The maximum atomic E-state index is 12.3. The van der Waals surface area contributed by atoms with Crippen molar-refractivity contribution in [1.82, 2.24) is 10.3 Å². The third kappa shape index (κ3) is 4.74. The lowest BCUT2D eigenvalue weighted by Gasteiger charge is -2.08. The summed E-state index contributed by atoms with van der Waals surface area (Å²) in [4.78, 5) is 39.2. The second-order valence-corrected chi connectivity index (χ2v) is 7.07. The zero-order valence-electron chi connectivity index (χ0n) is 16.2. The Balaban J connectivity index is 1.54. The van der Waals surface area contributed by atoms with E-state index in [1.165, 1.54) is 0 Å². The normalized spacial score (nSPS) is 10.8. The van der Waals surface area contributed by atoms with Crippen LogP contribution in [0.5, 0.6) is 0 Å². The summed E-state index contributed by atoms with van der Waals surface area (Å²) in [5.41, 5.74) is 4.05. The number of fused-ring (bicyclic) bond motifs is 1. The number of nitrogens with one attached hydrogen (secondary N) is 2. The number of benzene rings is 2. The number of carbonyl (C=O) groups is 2. The summed E-state index contributed by atoms with van der Waals surface area (Å²) >= 11 is 0. The molecule has 0 aliphatic rings. The molecule has 0 atom stereocenters. The Labute approximate surface area is 163 Å². The number of rotatable bonds is 7. The summed E-state index contributed by atoms with van der Waals surface area (Å²) < 4.78 is 0. The summed E-state index contributed by atoms with van der Waals surface area (Å²) in [5, 5.41) is 3.72. The van der Waals surface area contributed by atoms with Crippen LogP contribution in [0.4, 0.5) is 0 Å². The van der Waals surface area contributed by atoms with E-state index in [2.05, 4.69) is 10.3 Å². The molecule has 2 N–H and O–H groups in total. The van der Waals surface area contributed by atoms with E-state index in [1.807, 2.05) is 50.2 Å². The fraction of sp³-hybridized carbons (Fsp3) is 0.261. The summed E-state index contributed by atoms with van der Waals surface area (Å²) in [6, 6.07) is 14.9. The molecule has 0 saturated carbocycles. The zero-order valence-corrected chi connectivity index (χ0v) is 16.2. The van der Waals surface area contributed by atoms with E-state index >= 15 is 0 Å². The lowest BCUT2D eigenvalue weighted by atomic mass is 10.0. The predicted molar refractivity (Wildman–Crippen MR) is 111 cm³/mol. The lowest BCUT2D eigenvalue weighted by Crippen LogP contribution is -2.26. The molecule has 0 unspecified atom stereocenters. The molecule has 2 aromatic carbocycles. The average Bonchev–Trinajstić information content (AvgIpc) is 2.68. The van der Waals surface area contributed by atoms with Crippen LogP contribution in [0.25, 0.3) is 10.9 Å². The summed E-state index contributed by atoms with van der Waals surface area (Å²) in [6.45, 7) is 4.20. The van der Waals surface area contributed by atoms with E-state index in [0.29, 0.717) is 24.0 Å². The molecule has 0 saturated heterocycles. The largest absolute Gasteiger partial charge is 0.352 e. The molecule has 0 aliphatic carbocycles. The summed E-state index contributed by atoms with van der Waals surface area (Å²) in [7, 11) is 0. The number of Topliss-reactive ketones (excluding diaryl/α,β-unsaturated/α-hetero) is 1. The van der Waals surface area contributed by atoms with Gasteiger partial charge in [0, 0.05) is 36.0 Å². The van der Waals surface area contributed by atoms with Gasteiger partial charge in [0.25, 0.3) is 5.56 Å². The first kappa shape index (κ1) is 19.5. The van der Waals surface area contributed by atoms with Gasteiger partial charge in [-0.2, -0.15) is 0 Å². The smallest absolute Gasteiger partial charge is 0.253 e. The van der Waals surface area contributed by atoms with Gasteiger partial charge < -0.3 is 10.3 Å². The molecule has 5 nitrogen and oxygen atoms in total. The number of ketones is 1. The number of carbonyl (C=O) groups excluding carboxylic acids is 2. The molecular weight excluding hydrogens is 352 g/mol. The molecule has 1 heterocycles. The van der Waals surface area contributed by atoms with E-state index in [4.69, 9.17) is 0 Å². The molecule has 3 rings (SSSR count). The number of aromatic nitrogens is 1. The Bertz CT molecular complexity index is 1070. The number of aromatic amines is 1. The highest BCUT2D eigenvalue weighted by Gasteiger charge is 2.09. The first-order chi connectivity index (χ1) is 13.4. The molecule has 0 fully saturated rings. The maximum absolute atomic E-state index is 12.3. The van der Waals surface area contributed by atoms with Crippen LogP contribution in [0.1, 0.15) is 46.3 Å². The summed E-state index contributed by atoms with van der Waals surface area (Å²) in [6.07, 6.45) is 1.06. The second kappa shape index (κ2) is 8.65. The van der Waals surface area contributed by atoms with Crippen LogP contribution in [0, 0.1) is 13.8 Å². The van der Waals surface area contributed by atoms with Crippen molar-refractivity contribution in [3.05, 3.63) is 81.1 Å². The van der Waals surface area contributed by atoms with E-state index in [-0.39, 0.29) is 30.2 Å². The Kier molecular flexibility index (Phi) is 6.04. The minimum atomic E-state index is -0.199. The Morgan fingerprint density at radius 2 is 1.68 bits per heavy atom. The molecule has 1 aromatic heterocycles. The van der Waals surface area contributed by atoms with Crippen LogP contribution >= 0.6 is 0 Å². The van der Waals surface area contributed by atoms with Gasteiger partial charge in [0.15, 0.2) is 5.78 Å². The van der Waals surface area contributed by atoms with Crippen LogP contribution < -0.4 is 10.9 Å². The van der Waals surface area contributed by atoms with Crippen molar-refractivity contribution in [2.24, 2.45) is 0 Å². The zero-order chi connectivity index (χ0) is 20.1. The van der Waals surface area contributed by atoms with Crippen molar-refractivity contribution in [2.45, 2.75) is 39.7 Å². The Morgan fingerprint density at radius 1 is 0.964 bits per heavy atom. The Morgan fingerprint density at radius 3 is 2.43 bits per heavy atom. The fourth-order valence-corrected chi connectivity index (χ4v) is 3.11. The van der Waals surface area contributed by atoms with Crippen LogP contribution in [0.2, 0.25) is 0 Å². The molecule has 0 aliphatic heterocycles. The van der Waals surface area contributed by atoms with Crippen molar-refractivity contribution in [2.75, 3.05) is 0 Å². The molecular formula is C23H24N2O3. The highest BCUT2D eigenvalue weighted by atomic mass is 16.2. The van der Waals surface area contributed by atoms with E-state index in [9.17, 15) is 14.4 Å². The van der Waals surface area contributed by atoms with E-state index < -0.39 is 0 Å². The molecule has 1 amide bonds. The first-order valence-electron chi connectivity index (χ1n) is 9.42. The minimum absolute atomic E-state index is 0.0324. The van der Waals surface area contributed by atoms with Crippen molar-refractivity contribution in [3.8, 4) is 0 Å². The van der Waals surface area contributed by atoms with Crippen LogP contribution in [-0.2, 0) is 11.3 Å². The Hall–Kier alpha value is -3.21. The molecule has 0 radical (unpaired) electrons. The van der Waals surface area contributed by atoms with Gasteiger partial charge in [0.2, 0.25) is 5.91 Å². The first-order valence-corrected chi connectivity index (χ1v) is 9.42. The van der Waals surface area contributed by atoms with Crippen molar-refractivity contribution in [3.63, 3.8) is 0 Å². The topological polar surface area (TPSA) is 79.0 Å². The number of pyridine rings is 1. The molecule has 3 aromatic rings. The van der Waals surface area contributed by atoms with Crippen LogP contribution in [0.3, 0.4) is 0 Å². The van der Waals surface area contributed by atoms with Gasteiger partial charge in [-0.25, -0.2) is 0 Å². The minimum Gasteiger partial charge on any atom is -0.352 e. The van der Waals surface area contributed by atoms with Crippen molar-refractivity contribution < 1.29 is 9.59 Å². The van der Waals surface area contributed by atoms with Crippen molar-refractivity contribution in [1.29, 1.82) is 0 Å². The average molecular weight is 376 g/mol. The quantitative estimate of drug-likeness (QED) is 0.615. The van der Waals surface area contributed by atoms with Gasteiger partial charge >= 0.3 is 0 Å². The third-order valence-corrected chi connectivity index (χ3v) is 4.91. The second-order valence-electron chi connectivity index (χ2n) is 7.07. The monoisotopic (exact) mass is 376 g/mol. The SMILES string of the molecule is Cc1cc2cc(CNC(=O)CCCC(=O)c3ccccc3)c(=O)[nH]c2cc1C. The van der Waals surface area contributed by atoms with Gasteiger partial charge in [-0.15, -0.1) is 0 Å². The summed E-state index contributed by atoms with van der Waals surface area (Å²) in [5.74, 6) is -0.134. The predicted octanol–water partition coefficient (Wildman–Crippen LogP) is 3.81. The van der Waals surface area contributed by atoms with Gasteiger partial charge in [0.05, 0.1) is 0 Å². The standard InChI is InChI=1S/C23H24N2O3/c1-15-11-18-13-19(23(28)25-20(18)12-16(15)2)14-24-22(27)10-6-9-21(26)17-7-4-3-5-8-17/h3-5,7-8,11-13H,6,9-10,14H2,1-2H3,(H,24,27)(H,25,28). The number of amides is 1. The van der Waals surface area contributed by atoms with E-state index in [0.717, 1.165) is 22.0 Å². The van der Waals surface area contributed by atoms with Gasteiger partial charge in [-0.1, -0.05) is 30.3 Å². The highest BCUT2D eigenvalue weighted by Crippen LogP contribution is 2.17. The van der Waals surface area contributed by atoms with Gasteiger partial charge in [-0.3, -0.25) is 14.4 Å². The molecule has 0 spiro atoms. The number of H-pyrrole nitrogens is 1. The van der Waals surface area contributed by atoms with E-state index in [1.54, 1.807) is 12.1 Å². The number of hydrogen-bond acceptors (Lipinski definition) is 3. The fourth-order valence-electron chi connectivity index (χ4n) is 3.11. The molecule has 0 bridgehead atoms. The van der Waals surface area contributed by atoms with Crippen molar-refractivity contribution >= 4 is 22.6 Å². The van der Waals surface area contributed by atoms with Gasteiger partial charge in [0.1, 0.15) is 0 Å². The maximum Gasteiger partial charge on any atom is 0.253 e. The van der Waals surface area contributed by atoms with Crippen LogP contribution in [0.15, 0.2) is 53.3 Å². The lowest BCUT2D eigenvalue weighted by molar-refractivity contribution is -0.121. The number of hydrogen-bond donors (Lipinski definition) is 2. The molecule has 5 heteroatoms. The molecule has 28 heavy (non-hydrogen) atoms. The number of aryl methyl sites for hydroxylation is 2. The molecule has 144 valence electrons.